The van der Waals surface area contributed by atoms with E-state index in [0.29, 0.717) is 11.9 Å². The van der Waals surface area contributed by atoms with Crippen molar-refractivity contribution < 1.29 is 4.79 Å². The maximum absolute atomic E-state index is 10.2. The lowest BCUT2D eigenvalue weighted by Crippen LogP contribution is -2.09. The average Bonchev–Trinajstić information content (AvgIpc) is 1.99. The molecule has 0 aliphatic rings. The fraction of sp³-hybridized carbons (Fsp3) is 0.222. The number of hydrogen-bond acceptors (Lipinski definition) is 2. The van der Waals surface area contributed by atoms with Gasteiger partial charge >= 0.3 is 0 Å². The van der Waals surface area contributed by atoms with Gasteiger partial charge in [0, 0.05) is 25.4 Å². The summed E-state index contributed by atoms with van der Waals surface area (Å²) in [5.74, 6) is 0. The van der Waals surface area contributed by atoms with Gasteiger partial charge < -0.3 is 4.90 Å². The standard InChI is InChI=1S/C9H13NO/c1-5-9(10(3)4)6-8(2)7-11/h5-7H,1-2H2,3-4H3/b9-6-. The Hall–Kier alpha value is -1.31. The summed E-state index contributed by atoms with van der Waals surface area (Å²) in [4.78, 5) is 12.0. The predicted molar refractivity (Wildman–Crippen MR) is 47.2 cm³/mol. The number of carbonyl (C=O) groups is 1. The monoisotopic (exact) mass is 151 g/mol. The summed E-state index contributed by atoms with van der Waals surface area (Å²) in [6.07, 6.45) is 4.07. The van der Waals surface area contributed by atoms with Gasteiger partial charge in [-0.2, -0.15) is 0 Å². The Kier molecular flexibility index (Phi) is 3.96. The number of rotatable bonds is 4. The highest BCUT2D eigenvalue weighted by atomic mass is 16.1. The molecule has 0 bridgehead atoms. The summed E-state index contributed by atoms with van der Waals surface area (Å²) < 4.78 is 0. The van der Waals surface area contributed by atoms with Crippen molar-refractivity contribution in [3.8, 4) is 0 Å². The minimum Gasteiger partial charge on any atom is -0.378 e. The van der Waals surface area contributed by atoms with E-state index in [0.717, 1.165) is 5.70 Å². The van der Waals surface area contributed by atoms with Gasteiger partial charge in [0.1, 0.15) is 6.29 Å². The van der Waals surface area contributed by atoms with Crippen LogP contribution in [-0.4, -0.2) is 25.3 Å². The van der Waals surface area contributed by atoms with Gasteiger partial charge in [-0.3, -0.25) is 4.79 Å². The second-order valence-electron chi connectivity index (χ2n) is 2.36. The summed E-state index contributed by atoms with van der Waals surface area (Å²) in [6, 6.07) is 0. The molecule has 2 heteroatoms. The highest BCUT2D eigenvalue weighted by Crippen LogP contribution is 2.02. The van der Waals surface area contributed by atoms with Crippen LogP contribution in [0.3, 0.4) is 0 Å². The van der Waals surface area contributed by atoms with Crippen LogP contribution in [0.2, 0.25) is 0 Å². The van der Waals surface area contributed by atoms with E-state index in [2.05, 4.69) is 13.2 Å². The fourth-order valence-electron chi connectivity index (χ4n) is 0.595. The molecule has 0 aliphatic carbocycles. The highest BCUT2D eigenvalue weighted by Gasteiger charge is 1.93. The first-order chi connectivity index (χ1) is 5.11. The van der Waals surface area contributed by atoms with Crippen molar-refractivity contribution >= 4 is 6.29 Å². The lowest BCUT2D eigenvalue weighted by molar-refractivity contribution is -0.104. The third-order valence-corrected chi connectivity index (χ3v) is 1.21. The molecular weight excluding hydrogens is 138 g/mol. The molecule has 0 atom stereocenters. The minimum atomic E-state index is 0.452. The van der Waals surface area contributed by atoms with Crippen molar-refractivity contribution in [3.63, 3.8) is 0 Å². The Morgan fingerprint density at radius 2 is 2.00 bits per heavy atom. The van der Waals surface area contributed by atoms with Crippen LogP contribution in [0.4, 0.5) is 0 Å². The largest absolute Gasteiger partial charge is 0.378 e. The third-order valence-electron chi connectivity index (χ3n) is 1.21. The Labute approximate surface area is 67.5 Å². The molecule has 0 amide bonds. The molecule has 0 aromatic heterocycles. The van der Waals surface area contributed by atoms with E-state index in [4.69, 9.17) is 0 Å². The number of nitrogens with zero attached hydrogens (tertiary/aromatic N) is 1. The molecule has 0 saturated heterocycles. The van der Waals surface area contributed by atoms with Crippen LogP contribution in [-0.2, 0) is 4.79 Å². The normalized spacial score (nSPS) is 10.5. The smallest absolute Gasteiger partial charge is 0.149 e. The zero-order valence-electron chi connectivity index (χ0n) is 7.00. The van der Waals surface area contributed by atoms with E-state index < -0.39 is 0 Å². The molecule has 0 aromatic rings. The zero-order valence-corrected chi connectivity index (χ0v) is 7.00. The fourth-order valence-corrected chi connectivity index (χ4v) is 0.595. The van der Waals surface area contributed by atoms with E-state index in [-0.39, 0.29) is 0 Å². The first kappa shape index (κ1) is 9.69. The van der Waals surface area contributed by atoms with Crippen LogP contribution < -0.4 is 0 Å². The van der Waals surface area contributed by atoms with Gasteiger partial charge in [0.2, 0.25) is 0 Å². The summed E-state index contributed by atoms with van der Waals surface area (Å²) in [7, 11) is 3.76. The molecule has 0 unspecified atom stereocenters. The molecule has 0 rings (SSSR count). The molecule has 2 nitrogen and oxygen atoms in total. The summed E-state index contributed by atoms with van der Waals surface area (Å²) in [5.41, 5.74) is 1.33. The molecule has 0 saturated carbocycles. The van der Waals surface area contributed by atoms with E-state index in [9.17, 15) is 4.79 Å². The van der Waals surface area contributed by atoms with Crippen molar-refractivity contribution in [1.29, 1.82) is 0 Å². The Balaban J connectivity index is 4.47. The molecule has 0 aliphatic heterocycles. The number of aldehydes is 1. The number of carbonyl (C=O) groups excluding carboxylic acids is 1. The van der Waals surface area contributed by atoms with Crippen molar-refractivity contribution in [1.82, 2.24) is 4.90 Å². The van der Waals surface area contributed by atoms with Gasteiger partial charge in [0.25, 0.3) is 0 Å². The molecule has 60 valence electrons. The second kappa shape index (κ2) is 4.50. The lowest BCUT2D eigenvalue weighted by atomic mass is 10.2. The van der Waals surface area contributed by atoms with Crippen LogP contribution >= 0.6 is 0 Å². The maximum Gasteiger partial charge on any atom is 0.149 e. The minimum absolute atomic E-state index is 0.452. The zero-order chi connectivity index (χ0) is 8.85. The molecule has 0 heterocycles. The van der Waals surface area contributed by atoms with E-state index in [1.165, 1.54) is 0 Å². The average molecular weight is 151 g/mol. The number of hydrogen-bond donors (Lipinski definition) is 0. The highest BCUT2D eigenvalue weighted by molar-refractivity contribution is 5.76. The SMILES string of the molecule is C=C/C(=C/C(=C)C=O)N(C)C. The van der Waals surface area contributed by atoms with Gasteiger partial charge in [-0.05, 0) is 12.2 Å². The Bertz CT molecular complexity index is 202. The number of likely N-dealkylation sites (N-methyl/N-ethyl adjacent to an activating group) is 1. The second-order valence-corrected chi connectivity index (χ2v) is 2.36. The molecule has 0 N–H and O–H groups in total. The molecular formula is C9H13NO. The lowest BCUT2D eigenvalue weighted by Gasteiger charge is -2.12. The summed E-state index contributed by atoms with van der Waals surface area (Å²) in [5, 5.41) is 0. The van der Waals surface area contributed by atoms with Crippen molar-refractivity contribution in [2.45, 2.75) is 0 Å². The van der Waals surface area contributed by atoms with E-state index in [1.807, 2.05) is 19.0 Å². The molecule has 0 fully saturated rings. The molecule has 0 aromatic carbocycles. The van der Waals surface area contributed by atoms with Gasteiger partial charge in [0.05, 0.1) is 0 Å². The maximum atomic E-state index is 10.2. The quantitative estimate of drug-likeness (QED) is 0.343. The van der Waals surface area contributed by atoms with Crippen molar-refractivity contribution in [3.05, 3.63) is 36.6 Å². The van der Waals surface area contributed by atoms with E-state index in [1.54, 1.807) is 12.2 Å². The van der Waals surface area contributed by atoms with Gasteiger partial charge in [-0.1, -0.05) is 13.2 Å². The van der Waals surface area contributed by atoms with Crippen LogP contribution in [0.25, 0.3) is 0 Å². The van der Waals surface area contributed by atoms with Crippen LogP contribution in [0.15, 0.2) is 36.6 Å². The first-order valence-corrected chi connectivity index (χ1v) is 3.27. The first-order valence-electron chi connectivity index (χ1n) is 3.27. The number of allylic oxidation sites excluding steroid dienone is 3. The van der Waals surface area contributed by atoms with Crippen LogP contribution in [0, 0.1) is 0 Å². The van der Waals surface area contributed by atoms with Gasteiger partial charge in [-0.25, -0.2) is 0 Å². The van der Waals surface area contributed by atoms with Gasteiger partial charge in [0.15, 0.2) is 0 Å². The Morgan fingerprint density at radius 1 is 1.45 bits per heavy atom. The van der Waals surface area contributed by atoms with E-state index >= 15 is 0 Å². The summed E-state index contributed by atoms with van der Waals surface area (Å²) in [6.45, 7) is 7.13. The van der Waals surface area contributed by atoms with Gasteiger partial charge in [-0.15, -0.1) is 0 Å². The molecule has 0 spiro atoms. The Morgan fingerprint density at radius 3 is 2.27 bits per heavy atom. The summed E-state index contributed by atoms with van der Waals surface area (Å²) >= 11 is 0. The third kappa shape index (κ3) is 3.40. The predicted octanol–water partition coefficient (Wildman–Crippen LogP) is 1.37. The van der Waals surface area contributed by atoms with Crippen molar-refractivity contribution in [2.75, 3.05) is 14.1 Å². The van der Waals surface area contributed by atoms with Crippen LogP contribution in [0.1, 0.15) is 0 Å². The van der Waals surface area contributed by atoms with Crippen LogP contribution in [0.5, 0.6) is 0 Å². The van der Waals surface area contributed by atoms with Crippen molar-refractivity contribution in [2.24, 2.45) is 0 Å². The molecule has 0 radical (unpaired) electrons. The molecule has 11 heavy (non-hydrogen) atoms. The topological polar surface area (TPSA) is 20.3 Å².